The fourth-order valence-corrected chi connectivity index (χ4v) is 8.60. The van der Waals surface area contributed by atoms with E-state index in [0.29, 0.717) is 5.92 Å². The minimum Gasteiger partial charge on any atom is -0.305 e. The zero-order valence-electron chi connectivity index (χ0n) is 26.3. The molecular formula is C40H36IrN2SSi-2. The Morgan fingerprint density at radius 3 is 2.13 bits per heavy atom. The molecule has 0 spiro atoms. The minimum absolute atomic E-state index is 0. The van der Waals surface area contributed by atoms with Crippen LogP contribution in [-0.4, -0.2) is 18.0 Å². The first-order valence-electron chi connectivity index (χ1n) is 15.1. The molecule has 0 saturated carbocycles. The van der Waals surface area contributed by atoms with E-state index in [-0.39, 0.29) is 20.1 Å². The Hall–Kier alpha value is -3.73. The molecule has 4 aromatic carbocycles. The molecule has 3 heterocycles. The predicted molar refractivity (Wildman–Crippen MR) is 192 cm³/mol. The summed E-state index contributed by atoms with van der Waals surface area (Å²) in [5, 5.41) is 4.05. The van der Waals surface area contributed by atoms with Crippen molar-refractivity contribution in [3.63, 3.8) is 0 Å². The molecule has 0 unspecified atom stereocenters. The second kappa shape index (κ2) is 14.1. The summed E-state index contributed by atoms with van der Waals surface area (Å²) in [6, 6.07) is 44.3. The number of nitrogens with zero attached hydrogens (tertiary/aromatic N) is 2. The fourth-order valence-electron chi connectivity index (χ4n) is 5.58. The van der Waals surface area contributed by atoms with Gasteiger partial charge in [-0.2, -0.15) is 11.3 Å². The van der Waals surface area contributed by atoms with Crippen LogP contribution < -0.4 is 5.19 Å². The van der Waals surface area contributed by atoms with Gasteiger partial charge in [-0.25, -0.2) is 0 Å². The van der Waals surface area contributed by atoms with Gasteiger partial charge in [0.25, 0.3) is 0 Å². The number of hydrogen-bond acceptors (Lipinski definition) is 3. The van der Waals surface area contributed by atoms with Gasteiger partial charge in [0.15, 0.2) is 0 Å². The van der Waals surface area contributed by atoms with Crippen molar-refractivity contribution >= 4 is 44.8 Å². The first-order chi connectivity index (χ1) is 21.3. The minimum atomic E-state index is -1.34. The summed E-state index contributed by atoms with van der Waals surface area (Å²) in [4.78, 5) is 9.19. The molecule has 7 rings (SSSR count). The average molecular weight is 797 g/mol. The van der Waals surface area contributed by atoms with Gasteiger partial charge in [-0.1, -0.05) is 111 Å². The Balaban J connectivity index is 0.000000181. The van der Waals surface area contributed by atoms with Gasteiger partial charge in [-0.15, -0.1) is 59.7 Å². The molecule has 227 valence electrons. The van der Waals surface area contributed by atoms with E-state index < -0.39 is 8.07 Å². The second-order valence-corrected chi connectivity index (χ2v) is 18.4. The van der Waals surface area contributed by atoms with Gasteiger partial charge in [0.2, 0.25) is 0 Å². The summed E-state index contributed by atoms with van der Waals surface area (Å²) in [6.07, 6.45) is 3.93. The van der Waals surface area contributed by atoms with Crippen LogP contribution in [0.25, 0.3) is 53.8 Å². The number of aromatic nitrogens is 2. The van der Waals surface area contributed by atoms with E-state index >= 15 is 0 Å². The van der Waals surface area contributed by atoms with Crippen molar-refractivity contribution in [3.8, 4) is 33.6 Å². The number of benzene rings is 4. The van der Waals surface area contributed by atoms with Crippen molar-refractivity contribution in [3.05, 3.63) is 139 Å². The zero-order valence-corrected chi connectivity index (χ0v) is 30.5. The standard InChI is InChI=1S/C23H14NS.C17H22NSi.Ir/c1-2-8-16(9-3-1)17-10-6-11-18-19-12-7-13-20(23(19)25-22(17)18)21-14-4-5-15-24-21;1-13(2)15-11-16(14-9-7-6-8-10-14)18-12-17(15)19(3,4)5;/h1-12,14-15H;6-9,11-13H,1-5H3;/q2*-1;. The summed E-state index contributed by atoms with van der Waals surface area (Å²) in [7, 11) is -1.34. The Labute approximate surface area is 285 Å². The monoisotopic (exact) mass is 797 g/mol. The number of thiophene rings is 1. The molecule has 0 aliphatic carbocycles. The number of pyridine rings is 2. The summed E-state index contributed by atoms with van der Waals surface area (Å²) < 4.78 is 2.57. The van der Waals surface area contributed by atoms with Crippen LogP contribution in [0.1, 0.15) is 25.3 Å². The number of rotatable bonds is 5. The SMILES string of the molecule is CC(C)c1cc(-c2[c-]cccc2)ncc1[Si](C)(C)C.[Ir].[c-]1ccc2c(sc3c(-c4ccccc4)cccc32)c1-c1ccccn1. The van der Waals surface area contributed by atoms with Gasteiger partial charge in [0.1, 0.15) is 0 Å². The third-order valence-electron chi connectivity index (χ3n) is 7.82. The van der Waals surface area contributed by atoms with Gasteiger partial charge in [0.05, 0.1) is 8.07 Å². The molecule has 0 bridgehead atoms. The smallest absolute Gasteiger partial charge is 0.0799 e. The van der Waals surface area contributed by atoms with Crippen molar-refractivity contribution in [2.24, 2.45) is 0 Å². The molecule has 7 aromatic rings. The van der Waals surface area contributed by atoms with Crippen LogP contribution in [0.3, 0.4) is 0 Å². The quantitative estimate of drug-likeness (QED) is 0.128. The van der Waals surface area contributed by atoms with E-state index in [2.05, 4.69) is 129 Å². The molecule has 0 fully saturated rings. The summed E-state index contributed by atoms with van der Waals surface area (Å²) in [5.41, 5.74) is 8.15. The molecule has 0 N–H and O–H groups in total. The Bertz CT molecular complexity index is 1920. The molecule has 5 heteroatoms. The predicted octanol–water partition coefficient (Wildman–Crippen LogP) is 10.8. The van der Waals surface area contributed by atoms with Crippen molar-refractivity contribution in [2.75, 3.05) is 0 Å². The van der Waals surface area contributed by atoms with Crippen LogP contribution in [0.15, 0.2) is 122 Å². The van der Waals surface area contributed by atoms with Crippen LogP contribution in [0.4, 0.5) is 0 Å². The normalized spacial score (nSPS) is 11.2. The van der Waals surface area contributed by atoms with Crippen molar-refractivity contribution in [1.82, 2.24) is 9.97 Å². The third-order valence-corrected chi connectivity index (χ3v) is 11.1. The molecule has 0 amide bonds. The molecule has 1 radical (unpaired) electrons. The maximum Gasteiger partial charge on any atom is 0.0799 e. The first kappa shape index (κ1) is 32.7. The maximum absolute atomic E-state index is 4.66. The average Bonchev–Trinajstić information content (AvgIpc) is 3.45. The van der Waals surface area contributed by atoms with Gasteiger partial charge < -0.3 is 9.97 Å². The molecule has 0 atom stereocenters. The Morgan fingerprint density at radius 1 is 0.689 bits per heavy atom. The van der Waals surface area contributed by atoms with Crippen molar-refractivity contribution in [2.45, 2.75) is 39.4 Å². The van der Waals surface area contributed by atoms with Crippen molar-refractivity contribution in [1.29, 1.82) is 0 Å². The summed E-state index contributed by atoms with van der Waals surface area (Å²) in [5.74, 6) is 0.534. The van der Waals surface area contributed by atoms with Gasteiger partial charge in [-0.3, -0.25) is 0 Å². The van der Waals surface area contributed by atoms with Crippen LogP contribution >= 0.6 is 11.3 Å². The molecule has 45 heavy (non-hydrogen) atoms. The van der Waals surface area contributed by atoms with Crippen LogP contribution in [0.5, 0.6) is 0 Å². The molecule has 0 aliphatic rings. The number of fused-ring (bicyclic) bond motifs is 3. The summed E-state index contributed by atoms with van der Waals surface area (Å²) >= 11 is 1.83. The van der Waals surface area contributed by atoms with E-state index in [1.165, 1.54) is 42.0 Å². The van der Waals surface area contributed by atoms with E-state index in [1.54, 1.807) is 0 Å². The van der Waals surface area contributed by atoms with Gasteiger partial charge in [-0.05, 0) is 49.8 Å². The maximum atomic E-state index is 4.66. The summed E-state index contributed by atoms with van der Waals surface area (Å²) in [6.45, 7) is 11.7. The fraction of sp³-hybridized carbons (Fsp3) is 0.150. The third kappa shape index (κ3) is 7.08. The number of hydrogen-bond donors (Lipinski definition) is 0. The van der Waals surface area contributed by atoms with E-state index in [0.717, 1.165) is 22.5 Å². The van der Waals surface area contributed by atoms with Crippen LogP contribution in [0.2, 0.25) is 19.6 Å². The van der Waals surface area contributed by atoms with Gasteiger partial charge >= 0.3 is 0 Å². The largest absolute Gasteiger partial charge is 0.305 e. The Morgan fingerprint density at radius 2 is 1.44 bits per heavy atom. The molecule has 2 nitrogen and oxygen atoms in total. The molecule has 0 saturated heterocycles. The van der Waals surface area contributed by atoms with E-state index in [1.807, 2.05) is 60.0 Å². The van der Waals surface area contributed by atoms with E-state index in [9.17, 15) is 0 Å². The van der Waals surface area contributed by atoms with Crippen LogP contribution in [-0.2, 0) is 20.1 Å². The molecular weight excluding hydrogens is 761 g/mol. The van der Waals surface area contributed by atoms with Crippen molar-refractivity contribution < 1.29 is 20.1 Å². The topological polar surface area (TPSA) is 25.8 Å². The Kier molecular flexibility index (Phi) is 10.3. The second-order valence-electron chi connectivity index (χ2n) is 12.3. The van der Waals surface area contributed by atoms with Gasteiger partial charge in [0, 0.05) is 37.2 Å². The van der Waals surface area contributed by atoms with E-state index in [4.69, 9.17) is 0 Å². The van der Waals surface area contributed by atoms with Crippen LogP contribution in [0, 0.1) is 12.1 Å². The zero-order chi connectivity index (χ0) is 30.7. The first-order valence-corrected chi connectivity index (χ1v) is 19.4. The molecule has 3 aromatic heterocycles. The molecule has 0 aliphatic heterocycles.